The number of aromatic nitrogens is 3. The van der Waals surface area contributed by atoms with Crippen LogP contribution in [0.2, 0.25) is 0 Å². The fourth-order valence-corrected chi connectivity index (χ4v) is 2.08. The van der Waals surface area contributed by atoms with E-state index in [0.717, 1.165) is 31.8 Å². The van der Waals surface area contributed by atoms with Crippen molar-refractivity contribution in [2.24, 2.45) is 5.41 Å². The van der Waals surface area contributed by atoms with Crippen LogP contribution in [-0.2, 0) is 6.42 Å². The van der Waals surface area contributed by atoms with Gasteiger partial charge in [0.25, 0.3) is 0 Å². The van der Waals surface area contributed by atoms with Crippen LogP contribution in [0.1, 0.15) is 59.3 Å². The minimum atomic E-state index is 0.264. The van der Waals surface area contributed by atoms with Crippen molar-refractivity contribution in [1.82, 2.24) is 20.1 Å². The Labute approximate surface area is 111 Å². The highest BCUT2D eigenvalue weighted by molar-refractivity contribution is 4.92. The van der Waals surface area contributed by atoms with E-state index in [1.165, 1.54) is 6.42 Å². The molecular formula is C14H28N4. The van der Waals surface area contributed by atoms with E-state index in [-0.39, 0.29) is 5.41 Å². The summed E-state index contributed by atoms with van der Waals surface area (Å²) in [6, 6.07) is 0.386. The molecule has 4 heteroatoms. The van der Waals surface area contributed by atoms with Crippen molar-refractivity contribution in [3.05, 3.63) is 12.2 Å². The molecule has 0 atom stereocenters. The lowest BCUT2D eigenvalue weighted by Gasteiger charge is -2.25. The molecule has 0 unspecified atom stereocenters. The van der Waals surface area contributed by atoms with Crippen LogP contribution < -0.4 is 5.32 Å². The van der Waals surface area contributed by atoms with E-state index >= 15 is 0 Å². The van der Waals surface area contributed by atoms with Crippen molar-refractivity contribution < 1.29 is 0 Å². The first-order valence-corrected chi connectivity index (χ1v) is 7.05. The molecule has 1 heterocycles. The van der Waals surface area contributed by atoms with Crippen LogP contribution in [0.15, 0.2) is 6.33 Å². The van der Waals surface area contributed by atoms with Crippen LogP contribution in [0.25, 0.3) is 0 Å². The van der Waals surface area contributed by atoms with Gasteiger partial charge >= 0.3 is 0 Å². The molecule has 0 saturated heterocycles. The average Bonchev–Trinajstić information content (AvgIpc) is 2.72. The summed E-state index contributed by atoms with van der Waals surface area (Å²) in [5, 5.41) is 7.76. The van der Waals surface area contributed by atoms with Gasteiger partial charge in [-0.3, -0.25) is 0 Å². The van der Waals surface area contributed by atoms with E-state index in [1.807, 2.05) is 4.68 Å². The summed E-state index contributed by atoms with van der Waals surface area (Å²) in [6.45, 7) is 13.3. The van der Waals surface area contributed by atoms with Gasteiger partial charge in [-0.05, 0) is 45.2 Å². The van der Waals surface area contributed by atoms with Gasteiger partial charge in [-0.1, -0.05) is 20.8 Å². The van der Waals surface area contributed by atoms with Gasteiger partial charge in [0.05, 0.1) is 0 Å². The van der Waals surface area contributed by atoms with Crippen LogP contribution >= 0.6 is 0 Å². The van der Waals surface area contributed by atoms with Crippen LogP contribution in [0.4, 0.5) is 0 Å². The molecule has 1 rings (SSSR count). The van der Waals surface area contributed by atoms with Crippen molar-refractivity contribution in [3.8, 4) is 0 Å². The van der Waals surface area contributed by atoms with Gasteiger partial charge in [0.2, 0.25) is 0 Å². The Morgan fingerprint density at radius 3 is 2.67 bits per heavy atom. The summed E-state index contributed by atoms with van der Waals surface area (Å²) in [5.41, 5.74) is 0.264. The predicted octanol–water partition coefficient (Wildman–Crippen LogP) is 2.82. The highest BCUT2D eigenvalue weighted by atomic mass is 15.3. The topological polar surface area (TPSA) is 42.7 Å². The number of hydrogen-bond donors (Lipinski definition) is 1. The van der Waals surface area contributed by atoms with Crippen molar-refractivity contribution in [3.63, 3.8) is 0 Å². The molecule has 0 saturated carbocycles. The minimum absolute atomic E-state index is 0.264. The van der Waals surface area contributed by atoms with E-state index in [1.54, 1.807) is 6.33 Å². The zero-order valence-electron chi connectivity index (χ0n) is 12.5. The molecular weight excluding hydrogens is 224 g/mol. The molecule has 1 aromatic rings. The molecule has 0 spiro atoms. The number of hydrogen-bond acceptors (Lipinski definition) is 3. The van der Waals surface area contributed by atoms with E-state index in [9.17, 15) is 0 Å². The lowest BCUT2D eigenvalue weighted by Crippen LogP contribution is -2.26. The van der Waals surface area contributed by atoms with Crippen molar-refractivity contribution >= 4 is 0 Å². The molecule has 18 heavy (non-hydrogen) atoms. The summed E-state index contributed by atoms with van der Waals surface area (Å²) in [4.78, 5) is 4.40. The molecule has 1 aromatic heterocycles. The summed E-state index contributed by atoms with van der Waals surface area (Å²) >= 11 is 0. The Morgan fingerprint density at radius 2 is 2.06 bits per heavy atom. The molecule has 4 nitrogen and oxygen atoms in total. The molecule has 0 radical (unpaired) electrons. The smallest absolute Gasteiger partial charge is 0.138 e. The van der Waals surface area contributed by atoms with E-state index in [2.05, 4.69) is 50.0 Å². The van der Waals surface area contributed by atoms with Gasteiger partial charge in [-0.15, -0.1) is 0 Å². The monoisotopic (exact) mass is 252 g/mol. The highest BCUT2D eigenvalue weighted by Gasteiger charge is 2.21. The molecule has 0 fully saturated rings. The standard InChI is InChI=1S/C14H28N4/c1-6-8-15-9-7-14(4,5)10-13-16-11-17-18(13)12(2)3/h11-12,15H,6-10H2,1-5H3. The second-order valence-corrected chi connectivity index (χ2v) is 6.06. The Bertz CT molecular complexity index is 341. The SMILES string of the molecule is CCCNCCC(C)(C)Cc1ncnn1C(C)C. The predicted molar refractivity (Wildman–Crippen MR) is 75.7 cm³/mol. The zero-order chi connectivity index (χ0) is 13.6. The average molecular weight is 252 g/mol. The summed E-state index contributed by atoms with van der Waals surface area (Å²) in [7, 11) is 0. The number of nitrogens with one attached hydrogen (secondary N) is 1. The largest absolute Gasteiger partial charge is 0.317 e. The second-order valence-electron chi connectivity index (χ2n) is 6.06. The van der Waals surface area contributed by atoms with Gasteiger partial charge in [0.1, 0.15) is 12.2 Å². The van der Waals surface area contributed by atoms with Gasteiger partial charge in [0, 0.05) is 12.5 Å². The first kappa shape index (κ1) is 15.2. The van der Waals surface area contributed by atoms with Gasteiger partial charge in [-0.2, -0.15) is 5.10 Å². The maximum atomic E-state index is 4.40. The Balaban J connectivity index is 2.50. The summed E-state index contributed by atoms with van der Waals surface area (Å²) in [5.74, 6) is 1.10. The third-order valence-electron chi connectivity index (χ3n) is 3.18. The Morgan fingerprint density at radius 1 is 1.33 bits per heavy atom. The molecule has 0 bridgehead atoms. The first-order valence-electron chi connectivity index (χ1n) is 7.05. The van der Waals surface area contributed by atoms with Gasteiger partial charge < -0.3 is 5.32 Å². The van der Waals surface area contributed by atoms with Crippen LogP contribution in [0, 0.1) is 5.41 Å². The highest BCUT2D eigenvalue weighted by Crippen LogP contribution is 2.25. The molecule has 0 aliphatic carbocycles. The van der Waals surface area contributed by atoms with E-state index < -0.39 is 0 Å². The third kappa shape index (κ3) is 4.77. The zero-order valence-corrected chi connectivity index (χ0v) is 12.5. The Kier molecular flexibility index (Phi) is 5.79. The van der Waals surface area contributed by atoms with Gasteiger partial charge in [-0.25, -0.2) is 9.67 Å². The first-order chi connectivity index (χ1) is 8.46. The maximum Gasteiger partial charge on any atom is 0.138 e. The molecule has 0 aliphatic heterocycles. The van der Waals surface area contributed by atoms with Crippen LogP contribution in [0.3, 0.4) is 0 Å². The summed E-state index contributed by atoms with van der Waals surface area (Å²) < 4.78 is 2.03. The van der Waals surface area contributed by atoms with Gasteiger partial charge in [0.15, 0.2) is 0 Å². The lowest BCUT2D eigenvalue weighted by atomic mass is 9.85. The molecule has 0 aliphatic rings. The van der Waals surface area contributed by atoms with Crippen molar-refractivity contribution in [1.29, 1.82) is 0 Å². The van der Waals surface area contributed by atoms with E-state index in [4.69, 9.17) is 0 Å². The fraction of sp³-hybridized carbons (Fsp3) is 0.857. The van der Waals surface area contributed by atoms with Crippen LogP contribution in [-0.4, -0.2) is 27.9 Å². The molecule has 104 valence electrons. The van der Waals surface area contributed by atoms with Crippen LogP contribution in [0.5, 0.6) is 0 Å². The second kappa shape index (κ2) is 6.88. The molecule has 0 amide bonds. The number of rotatable bonds is 8. The third-order valence-corrected chi connectivity index (χ3v) is 3.18. The molecule has 0 aromatic carbocycles. The van der Waals surface area contributed by atoms with Crippen molar-refractivity contribution in [2.75, 3.05) is 13.1 Å². The quantitative estimate of drug-likeness (QED) is 0.723. The fourth-order valence-electron chi connectivity index (χ4n) is 2.08. The van der Waals surface area contributed by atoms with Crippen molar-refractivity contribution in [2.45, 2.75) is 59.9 Å². The summed E-state index contributed by atoms with van der Waals surface area (Å²) in [6.07, 6.45) is 5.01. The Hall–Kier alpha value is -0.900. The lowest BCUT2D eigenvalue weighted by molar-refractivity contribution is 0.309. The normalized spacial score (nSPS) is 12.3. The maximum absolute atomic E-state index is 4.40. The number of nitrogens with zero attached hydrogens (tertiary/aromatic N) is 3. The minimum Gasteiger partial charge on any atom is -0.317 e. The molecule has 1 N–H and O–H groups in total. The van der Waals surface area contributed by atoms with E-state index in [0.29, 0.717) is 6.04 Å².